The van der Waals surface area contributed by atoms with Crippen LogP contribution in [0.15, 0.2) is 91.0 Å². The normalized spacial score (nSPS) is 13.9. The summed E-state index contributed by atoms with van der Waals surface area (Å²) in [6.07, 6.45) is 9.41. The van der Waals surface area contributed by atoms with Crippen LogP contribution in [0, 0.1) is 0 Å². The Morgan fingerprint density at radius 2 is 1.40 bits per heavy atom. The lowest BCUT2D eigenvalue weighted by Gasteiger charge is -2.35. The number of hydrogen-bond acceptors (Lipinski definition) is 6. The first-order chi connectivity index (χ1) is 23.1. The van der Waals surface area contributed by atoms with Gasteiger partial charge in [0.25, 0.3) is 0 Å². The maximum absolute atomic E-state index is 10.3. The molecule has 0 fully saturated rings. The summed E-state index contributed by atoms with van der Waals surface area (Å²) in [7, 11) is 0. The third kappa shape index (κ3) is 11.2. The number of halogens is 1. The van der Waals surface area contributed by atoms with Gasteiger partial charge >= 0.3 is 0 Å². The highest BCUT2D eigenvalue weighted by Gasteiger charge is 2.26. The molecule has 5 rings (SSSR count). The number of hydrogen-bond donors (Lipinski definition) is 2. The highest BCUT2D eigenvalue weighted by molar-refractivity contribution is 5.85. The molecular formula is C41H52ClNO5. The Labute approximate surface area is 293 Å². The van der Waals surface area contributed by atoms with Crippen LogP contribution in [0.25, 0.3) is 0 Å². The van der Waals surface area contributed by atoms with Gasteiger partial charge in [0.1, 0.15) is 13.2 Å². The van der Waals surface area contributed by atoms with Gasteiger partial charge in [-0.3, -0.25) is 0 Å². The molecule has 2 N–H and O–H groups in total. The van der Waals surface area contributed by atoms with Crippen molar-refractivity contribution in [2.24, 2.45) is 0 Å². The second kappa shape index (κ2) is 20.0. The second-order valence-electron chi connectivity index (χ2n) is 12.6. The first kappa shape index (κ1) is 37.1. The molecule has 0 amide bonds. The molecule has 7 heteroatoms. The van der Waals surface area contributed by atoms with Crippen LogP contribution in [0.4, 0.5) is 0 Å². The molecule has 0 bridgehead atoms. The average molecular weight is 674 g/mol. The van der Waals surface area contributed by atoms with Gasteiger partial charge < -0.3 is 29.3 Å². The van der Waals surface area contributed by atoms with Gasteiger partial charge in [-0.15, -0.1) is 12.4 Å². The molecular weight excluding hydrogens is 622 g/mol. The summed E-state index contributed by atoms with van der Waals surface area (Å²) in [6, 6.07) is 30.7. The van der Waals surface area contributed by atoms with Crippen LogP contribution in [-0.4, -0.2) is 47.5 Å². The van der Waals surface area contributed by atoms with Crippen molar-refractivity contribution in [3.63, 3.8) is 0 Å². The standard InChI is InChI=1S/C41H51NO5.ClH/c1-2-24-42(36-19-20-37-35(29-36)18-21-38(43)41(37)44)25-11-3-4-12-26-45-27-23-32-17-22-39(46-30-33-13-7-5-8-14-33)40(28-32)47-31-34-15-9-6-10-16-34;/h5-10,13-18,21-22,28,36,43-44H,2-4,11-12,19-20,23-27,29-31H2,1H3;1H/t36-;/m0./s1. The Morgan fingerprint density at radius 3 is 2.10 bits per heavy atom. The number of unbranched alkanes of at least 4 members (excludes halogenated alkanes) is 3. The van der Waals surface area contributed by atoms with E-state index in [9.17, 15) is 10.2 Å². The molecule has 0 radical (unpaired) electrons. The number of aromatic hydroxyl groups is 2. The largest absolute Gasteiger partial charge is 0.504 e. The lowest BCUT2D eigenvalue weighted by molar-refractivity contribution is 0.131. The molecule has 1 atom stereocenters. The van der Waals surface area contributed by atoms with E-state index >= 15 is 0 Å². The maximum Gasteiger partial charge on any atom is 0.161 e. The van der Waals surface area contributed by atoms with Gasteiger partial charge in [-0.05, 0) is 98.5 Å². The Bertz CT molecular complexity index is 1500. The van der Waals surface area contributed by atoms with Gasteiger partial charge in [-0.25, -0.2) is 0 Å². The van der Waals surface area contributed by atoms with E-state index in [1.54, 1.807) is 6.07 Å². The number of phenolic OH excluding ortho intramolecular Hbond substituents is 2. The molecule has 6 nitrogen and oxygen atoms in total. The zero-order valence-corrected chi connectivity index (χ0v) is 29.1. The second-order valence-corrected chi connectivity index (χ2v) is 12.6. The van der Waals surface area contributed by atoms with Crippen molar-refractivity contribution in [1.82, 2.24) is 4.90 Å². The molecule has 0 saturated heterocycles. The number of fused-ring (bicyclic) bond motifs is 1. The molecule has 4 aromatic carbocycles. The van der Waals surface area contributed by atoms with E-state index in [-0.39, 0.29) is 23.9 Å². The molecule has 1 aliphatic carbocycles. The fourth-order valence-electron chi connectivity index (χ4n) is 6.45. The highest BCUT2D eigenvalue weighted by Crippen LogP contribution is 2.37. The Balaban J connectivity index is 0.00000520. The van der Waals surface area contributed by atoms with E-state index in [1.807, 2.05) is 48.5 Å². The lowest BCUT2D eigenvalue weighted by atomic mass is 9.86. The Kier molecular flexibility index (Phi) is 15.4. The predicted octanol–water partition coefficient (Wildman–Crippen LogP) is 9.07. The molecule has 48 heavy (non-hydrogen) atoms. The van der Waals surface area contributed by atoms with Crippen molar-refractivity contribution in [2.75, 3.05) is 26.3 Å². The monoisotopic (exact) mass is 673 g/mol. The summed E-state index contributed by atoms with van der Waals surface area (Å²) >= 11 is 0. The van der Waals surface area contributed by atoms with E-state index < -0.39 is 0 Å². The van der Waals surface area contributed by atoms with Crippen molar-refractivity contribution < 1.29 is 24.4 Å². The van der Waals surface area contributed by atoms with Crippen molar-refractivity contribution >= 4 is 12.4 Å². The van der Waals surface area contributed by atoms with Crippen LogP contribution in [-0.2, 0) is 37.2 Å². The average Bonchev–Trinajstić information content (AvgIpc) is 3.11. The summed E-state index contributed by atoms with van der Waals surface area (Å²) in [4.78, 5) is 2.64. The van der Waals surface area contributed by atoms with Gasteiger partial charge in [-0.2, -0.15) is 0 Å². The van der Waals surface area contributed by atoms with Crippen LogP contribution >= 0.6 is 12.4 Å². The molecule has 0 heterocycles. The SMILES string of the molecule is CCCN(CCCCCCOCCc1ccc(OCc2ccccc2)c(OCc2ccccc2)c1)[C@H]1CCc2c(ccc(O)c2O)C1.Cl. The van der Waals surface area contributed by atoms with Gasteiger partial charge in [-0.1, -0.05) is 92.6 Å². The summed E-state index contributed by atoms with van der Waals surface area (Å²) in [6.45, 7) is 6.91. The third-order valence-electron chi connectivity index (χ3n) is 9.07. The van der Waals surface area contributed by atoms with Crippen LogP contribution in [0.3, 0.4) is 0 Å². The predicted molar refractivity (Wildman–Crippen MR) is 196 cm³/mol. The minimum Gasteiger partial charge on any atom is -0.504 e. The third-order valence-corrected chi connectivity index (χ3v) is 9.07. The van der Waals surface area contributed by atoms with Crippen LogP contribution < -0.4 is 9.47 Å². The van der Waals surface area contributed by atoms with Crippen molar-refractivity contribution in [2.45, 2.75) is 84.0 Å². The van der Waals surface area contributed by atoms with E-state index in [1.165, 1.54) is 30.4 Å². The van der Waals surface area contributed by atoms with Crippen molar-refractivity contribution in [3.8, 4) is 23.0 Å². The first-order valence-corrected chi connectivity index (χ1v) is 17.4. The fourth-order valence-corrected chi connectivity index (χ4v) is 6.45. The van der Waals surface area contributed by atoms with E-state index in [2.05, 4.69) is 48.2 Å². The molecule has 0 aromatic heterocycles. The van der Waals surface area contributed by atoms with Crippen LogP contribution in [0.1, 0.15) is 73.3 Å². The number of nitrogens with zero attached hydrogens (tertiary/aromatic N) is 1. The zero-order valence-electron chi connectivity index (χ0n) is 28.3. The van der Waals surface area contributed by atoms with Gasteiger partial charge in [0, 0.05) is 18.2 Å². The molecule has 4 aromatic rings. The molecule has 258 valence electrons. The minimum absolute atomic E-state index is 0. The number of benzene rings is 4. The van der Waals surface area contributed by atoms with Gasteiger partial charge in [0.05, 0.1) is 6.61 Å². The zero-order chi connectivity index (χ0) is 32.7. The number of ether oxygens (including phenoxy) is 3. The molecule has 0 aliphatic heterocycles. The quantitative estimate of drug-likeness (QED) is 0.0765. The van der Waals surface area contributed by atoms with E-state index in [4.69, 9.17) is 14.2 Å². The summed E-state index contributed by atoms with van der Waals surface area (Å²) in [5.41, 5.74) is 5.53. The highest BCUT2D eigenvalue weighted by atomic mass is 35.5. The Morgan fingerprint density at radius 1 is 0.708 bits per heavy atom. The van der Waals surface area contributed by atoms with Crippen LogP contribution in [0.5, 0.6) is 23.0 Å². The number of phenols is 2. The smallest absolute Gasteiger partial charge is 0.161 e. The lowest BCUT2D eigenvalue weighted by Crippen LogP contribution is -2.40. The van der Waals surface area contributed by atoms with Crippen molar-refractivity contribution in [3.05, 3.63) is 119 Å². The van der Waals surface area contributed by atoms with Gasteiger partial charge in [0.15, 0.2) is 23.0 Å². The topological polar surface area (TPSA) is 71.4 Å². The summed E-state index contributed by atoms with van der Waals surface area (Å²) < 4.78 is 18.4. The molecule has 1 aliphatic rings. The minimum atomic E-state index is -0.00576. The van der Waals surface area contributed by atoms with E-state index in [0.29, 0.717) is 25.9 Å². The Hall–Kier alpha value is -3.71. The summed E-state index contributed by atoms with van der Waals surface area (Å²) in [5.74, 6) is 1.58. The van der Waals surface area contributed by atoms with Crippen LogP contribution in [0.2, 0.25) is 0 Å². The van der Waals surface area contributed by atoms with Crippen molar-refractivity contribution in [1.29, 1.82) is 0 Å². The first-order valence-electron chi connectivity index (χ1n) is 17.4. The van der Waals surface area contributed by atoms with E-state index in [0.717, 1.165) is 86.4 Å². The number of rotatable bonds is 19. The molecule has 0 unspecified atom stereocenters. The fraction of sp³-hybridized carbons (Fsp3) is 0.415. The molecule has 0 spiro atoms. The summed E-state index contributed by atoms with van der Waals surface area (Å²) in [5, 5.41) is 20.1. The maximum atomic E-state index is 10.3. The molecule has 0 saturated carbocycles. The van der Waals surface area contributed by atoms with Gasteiger partial charge in [0.2, 0.25) is 0 Å².